The van der Waals surface area contributed by atoms with Gasteiger partial charge in [-0.05, 0) is 6.07 Å². The average molecular weight is 331 g/mol. The number of benzene rings is 2. The van der Waals surface area contributed by atoms with Crippen molar-refractivity contribution in [1.29, 1.82) is 0 Å². The molecule has 0 saturated heterocycles. The Morgan fingerprint density at radius 1 is 0.750 bits per heavy atom. The minimum Gasteiger partial charge on any atom is -0.422 e. The Hall–Kier alpha value is -3.89. The Balaban J connectivity index is 2.49. The summed E-state index contributed by atoms with van der Waals surface area (Å²) in [5.41, 5.74) is -3.12. The summed E-state index contributed by atoms with van der Waals surface area (Å²) < 4.78 is 4.93. The lowest BCUT2D eigenvalue weighted by Gasteiger charge is -2.03. The van der Waals surface area contributed by atoms with Gasteiger partial charge in [0.05, 0.1) is 26.2 Å². The molecule has 1 heterocycles. The van der Waals surface area contributed by atoms with Gasteiger partial charge in [0.1, 0.15) is 5.58 Å². The third-order valence-electron chi connectivity index (χ3n) is 3.40. The number of hydrogen-bond donors (Lipinski definition) is 0. The molecule has 0 N–H and O–H groups in total. The predicted molar refractivity (Wildman–Crippen MR) is 80.0 cm³/mol. The van der Waals surface area contributed by atoms with Crippen LogP contribution in [0.1, 0.15) is 0 Å². The molecule has 0 aliphatic rings. The quantitative estimate of drug-likeness (QED) is 0.306. The van der Waals surface area contributed by atoms with E-state index in [-0.39, 0.29) is 27.4 Å². The number of rotatable bonds is 3. The molecule has 1 aromatic heterocycles. The molecule has 0 bridgehead atoms. The third kappa shape index (κ3) is 2.20. The van der Waals surface area contributed by atoms with Crippen molar-refractivity contribution in [2.75, 3.05) is 0 Å². The van der Waals surface area contributed by atoms with Crippen LogP contribution in [-0.4, -0.2) is 14.8 Å². The molecule has 0 saturated carbocycles. The van der Waals surface area contributed by atoms with E-state index in [0.29, 0.717) is 0 Å². The highest BCUT2D eigenvalue weighted by molar-refractivity contribution is 6.06. The summed E-state index contributed by atoms with van der Waals surface area (Å²) >= 11 is 0. The minimum absolute atomic E-state index is 0.0665. The van der Waals surface area contributed by atoms with E-state index in [1.807, 2.05) is 0 Å². The molecule has 0 aliphatic carbocycles. The van der Waals surface area contributed by atoms with E-state index in [9.17, 15) is 35.1 Å². The van der Waals surface area contributed by atoms with Gasteiger partial charge in [-0.1, -0.05) is 0 Å². The Kier molecular flexibility index (Phi) is 3.18. The number of hydrogen-bond acceptors (Lipinski definition) is 8. The van der Waals surface area contributed by atoms with Crippen LogP contribution in [0.25, 0.3) is 21.7 Å². The normalized spacial score (nSPS) is 10.8. The van der Waals surface area contributed by atoms with E-state index in [2.05, 4.69) is 0 Å². The second kappa shape index (κ2) is 5.08. The second-order valence-electron chi connectivity index (χ2n) is 4.73. The molecular formula is C13H5N3O8. The molecule has 0 atom stereocenters. The summed E-state index contributed by atoms with van der Waals surface area (Å²) in [5, 5.41) is 32.8. The molecule has 11 heteroatoms. The van der Waals surface area contributed by atoms with Crippen molar-refractivity contribution in [2.45, 2.75) is 0 Å². The molecule has 0 unspecified atom stereocenters. The highest BCUT2D eigenvalue weighted by Gasteiger charge is 2.27. The van der Waals surface area contributed by atoms with Crippen LogP contribution in [0, 0.1) is 30.3 Å². The first-order valence-corrected chi connectivity index (χ1v) is 6.27. The molecule has 3 rings (SSSR count). The van der Waals surface area contributed by atoms with Crippen LogP contribution in [0.2, 0.25) is 0 Å². The van der Waals surface area contributed by atoms with E-state index in [1.165, 1.54) is 6.07 Å². The standard InChI is InChI=1S/C13H5N3O8/c17-13-9-3-6(14(18)19)1-2-7(9)8-4-10(15(20)21)11(16(22)23)5-12(8)24-13/h1-5H. The smallest absolute Gasteiger partial charge is 0.349 e. The van der Waals surface area contributed by atoms with Crippen molar-refractivity contribution in [3.63, 3.8) is 0 Å². The molecule has 11 nitrogen and oxygen atoms in total. The van der Waals surface area contributed by atoms with Crippen molar-refractivity contribution in [2.24, 2.45) is 0 Å². The first-order valence-electron chi connectivity index (χ1n) is 6.27. The highest BCUT2D eigenvalue weighted by Crippen LogP contribution is 2.35. The minimum atomic E-state index is -0.961. The van der Waals surface area contributed by atoms with E-state index >= 15 is 0 Å². The summed E-state index contributed by atoms with van der Waals surface area (Å²) in [6, 6.07) is 5.03. The zero-order valence-corrected chi connectivity index (χ0v) is 11.5. The SMILES string of the molecule is O=c1oc2cc([N+](=O)[O-])c([N+](=O)[O-])cc2c2ccc([N+](=O)[O-])cc12. The van der Waals surface area contributed by atoms with E-state index in [1.54, 1.807) is 0 Å². The van der Waals surface area contributed by atoms with Crippen LogP contribution in [0.15, 0.2) is 39.5 Å². The number of nitrogens with zero attached hydrogens (tertiary/aromatic N) is 3. The molecule has 0 aliphatic heterocycles. The third-order valence-corrected chi connectivity index (χ3v) is 3.40. The Morgan fingerprint density at radius 3 is 1.96 bits per heavy atom. The fourth-order valence-electron chi connectivity index (χ4n) is 2.35. The van der Waals surface area contributed by atoms with Crippen molar-refractivity contribution in [3.8, 4) is 0 Å². The Morgan fingerprint density at radius 2 is 1.38 bits per heavy atom. The molecule has 3 aromatic rings. The van der Waals surface area contributed by atoms with Crippen LogP contribution in [-0.2, 0) is 0 Å². The number of nitro groups is 3. The van der Waals surface area contributed by atoms with Crippen molar-refractivity contribution < 1.29 is 19.2 Å². The van der Waals surface area contributed by atoms with Crippen molar-refractivity contribution in [1.82, 2.24) is 0 Å². The Bertz CT molecular complexity index is 1120. The summed E-state index contributed by atoms with van der Waals surface area (Å²) in [6.07, 6.45) is 0. The number of non-ortho nitro benzene ring substituents is 1. The van der Waals surface area contributed by atoms with Crippen LogP contribution >= 0.6 is 0 Å². The largest absolute Gasteiger partial charge is 0.422 e. The molecule has 0 spiro atoms. The zero-order valence-electron chi connectivity index (χ0n) is 11.5. The molecule has 120 valence electrons. The maximum Gasteiger partial charge on any atom is 0.349 e. The fourth-order valence-corrected chi connectivity index (χ4v) is 2.35. The monoisotopic (exact) mass is 331 g/mol. The van der Waals surface area contributed by atoms with Gasteiger partial charge in [0.15, 0.2) is 0 Å². The van der Waals surface area contributed by atoms with Crippen LogP contribution in [0.5, 0.6) is 0 Å². The van der Waals surface area contributed by atoms with Gasteiger partial charge < -0.3 is 4.42 Å². The summed E-state index contributed by atoms with van der Waals surface area (Å²) in [7, 11) is 0. The van der Waals surface area contributed by atoms with Gasteiger partial charge >= 0.3 is 17.0 Å². The van der Waals surface area contributed by atoms with E-state index < -0.39 is 31.8 Å². The van der Waals surface area contributed by atoms with Gasteiger partial charge in [-0.2, -0.15) is 0 Å². The van der Waals surface area contributed by atoms with Crippen LogP contribution < -0.4 is 5.63 Å². The first kappa shape index (κ1) is 15.0. The Labute approximate surface area is 130 Å². The molecule has 24 heavy (non-hydrogen) atoms. The number of nitro benzene ring substituents is 3. The van der Waals surface area contributed by atoms with Gasteiger partial charge in [-0.3, -0.25) is 30.3 Å². The summed E-state index contributed by atoms with van der Waals surface area (Å²) in [4.78, 5) is 42.1. The lowest BCUT2D eigenvalue weighted by molar-refractivity contribution is -0.422. The maximum absolute atomic E-state index is 12.0. The topological polar surface area (TPSA) is 160 Å². The molecule has 2 aromatic carbocycles. The highest BCUT2D eigenvalue weighted by atomic mass is 16.6. The van der Waals surface area contributed by atoms with E-state index in [0.717, 1.165) is 24.3 Å². The van der Waals surface area contributed by atoms with Gasteiger partial charge in [0.2, 0.25) is 0 Å². The molecular weight excluding hydrogens is 326 g/mol. The van der Waals surface area contributed by atoms with Crippen molar-refractivity contribution >= 4 is 38.8 Å². The molecule has 0 radical (unpaired) electrons. The summed E-state index contributed by atoms with van der Waals surface area (Å²) in [6.45, 7) is 0. The van der Waals surface area contributed by atoms with E-state index in [4.69, 9.17) is 4.42 Å². The molecule has 0 amide bonds. The second-order valence-corrected chi connectivity index (χ2v) is 4.73. The lowest BCUT2D eigenvalue weighted by Crippen LogP contribution is -2.02. The van der Waals surface area contributed by atoms with Gasteiger partial charge in [0, 0.05) is 29.0 Å². The van der Waals surface area contributed by atoms with Crippen LogP contribution in [0.3, 0.4) is 0 Å². The lowest BCUT2D eigenvalue weighted by atomic mass is 10.1. The first-order chi connectivity index (χ1) is 11.3. The maximum atomic E-state index is 12.0. The van der Waals surface area contributed by atoms with Crippen LogP contribution in [0.4, 0.5) is 17.1 Å². The summed E-state index contributed by atoms with van der Waals surface area (Å²) in [5.74, 6) is 0. The zero-order chi connectivity index (χ0) is 17.6. The van der Waals surface area contributed by atoms with Gasteiger partial charge in [0.25, 0.3) is 5.69 Å². The number of fused-ring (bicyclic) bond motifs is 3. The fraction of sp³-hybridized carbons (Fsp3) is 0. The predicted octanol–water partition coefficient (Wildman–Crippen LogP) is 2.67. The van der Waals surface area contributed by atoms with Gasteiger partial charge in [-0.15, -0.1) is 0 Å². The van der Waals surface area contributed by atoms with Gasteiger partial charge in [-0.25, -0.2) is 4.79 Å². The average Bonchev–Trinajstić information content (AvgIpc) is 2.53. The molecule has 0 fully saturated rings. The van der Waals surface area contributed by atoms with Crippen molar-refractivity contribution in [3.05, 3.63) is 71.1 Å².